The van der Waals surface area contributed by atoms with Gasteiger partial charge in [0.2, 0.25) is 0 Å². The van der Waals surface area contributed by atoms with Crippen LogP contribution in [0.25, 0.3) is 121 Å². The fraction of sp³-hybridized carbons (Fsp3) is 0. The van der Waals surface area contributed by atoms with Crippen molar-refractivity contribution >= 4 is 87.6 Å². The van der Waals surface area contributed by atoms with E-state index in [1.807, 2.05) is 24.4 Å². The lowest BCUT2D eigenvalue weighted by molar-refractivity contribution is 0.668. The Bertz CT molecular complexity index is 3810. The number of pyridine rings is 1. The van der Waals surface area contributed by atoms with E-state index in [1.54, 1.807) is 0 Å². The number of furan rings is 2. The van der Waals surface area contributed by atoms with Crippen molar-refractivity contribution in [3.05, 3.63) is 188 Å². The van der Waals surface area contributed by atoms with Crippen molar-refractivity contribution in [2.75, 3.05) is 0 Å². The Morgan fingerprint density at radius 2 is 0.966 bits per heavy atom. The molecule has 0 unspecified atom stereocenters. The van der Waals surface area contributed by atoms with Crippen molar-refractivity contribution in [2.45, 2.75) is 0 Å². The normalized spacial score (nSPS) is 12.1. The number of hydrogen-bond acceptors (Lipinski definition) is 3. The van der Waals surface area contributed by atoms with E-state index in [0.717, 1.165) is 77.5 Å². The molecule has 0 amide bonds. The van der Waals surface area contributed by atoms with Crippen LogP contribution >= 0.6 is 0 Å². The van der Waals surface area contributed by atoms with Gasteiger partial charge in [-0.05, 0) is 113 Å². The highest BCUT2D eigenvalue weighted by molar-refractivity contribution is 6.18. The number of nitrogens with zero attached hydrogens (tertiary/aromatic N) is 3. The van der Waals surface area contributed by atoms with Gasteiger partial charge < -0.3 is 18.0 Å². The fourth-order valence-electron chi connectivity index (χ4n) is 9.39. The Labute approximate surface area is 331 Å². The van der Waals surface area contributed by atoms with Crippen LogP contribution < -0.4 is 0 Å². The zero-order valence-electron chi connectivity index (χ0n) is 31.1. The van der Waals surface area contributed by atoms with E-state index >= 15 is 0 Å². The summed E-state index contributed by atoms with van der Waals surface area (Å²) >= 11 is 0. The van der Waals surface area contributed by atoms with Gasteiger partial charge in [-0.3, -0.25) is 4.98 Å². The molecule has 0 fully saturated rings. The summed E-state index contributed by atoms with van der Waals surface area (Å²) in [4.78, 5) is 4.61. The van der Waals surface area contributed by atoms with Gasteiger partial charge in [-0.1, -0.05) is 91.0 Å². The van der Waals surface area contributed by atoms with Gasteiger partial charge in [0.05, 0.1) is 22.1 Å². The molecular weight excluding hydrogens is 711 g/mol. The highest BCUT2D eigenvalue weighted by atomic mass is 16.3. The maximum Gasteiger partial charge on any atom is 0.153 e. The van der Waals surface area contributed by atoms with Crippen molar-refractivity contribution in [3.8, 4) is 33.6 Å². The van der Waals surface area contributed by atoms with E-state index in [-0.39, 0.29) is 0 Å². The predicted octanol–water partition coefficient (Wildman–Crippen LogP) is 14.4. The fourth-order valence-corrected chi connectivity index (χ4v) is 9.39. The van der Waals surface area contributed by atoms with E-state index in [1.165, 1.54) is 43.7 Å². The van der Waals surface area contributed by atoms with Crippen LogP contribution in [0.15, 0.2) is 197 Å². The van der Waals surface area contributed by atoms with Crippen LogP contribution in [-0.4, -0.2) is 14.1 Å². The average Bonchev–Trinajstić information content (AvgIpc) is 4.03. The molecule has 0 spiro atoms. The molecule has 5 nitrogen and oxygen atoms in total. The predicted molar refractivity (Wildman–Crippen MR) is 238 cm³/mol. The minimum Gasteiger partial charge on any atom is -0.456 e. The van der Waals surface area contributed by atoms with Crippen LogP contribution in [0.1, 0.15) is 0 Å². The highest BCUT2D eigenvalue weighted by Gasteiger charge is 2.20. The van der Waals surface area contributed by atoms with Crippen LogP contribution in [0.4, 0.5) is 0 Å². The van der Waals surface area contributed by atoms with Gasteiger partial charge in [0.1, 0.15) is 22.3 Å². The maximum absolute atomic E-state index is 6.45. The smallest absolute Gasteiger partial charge is 0.153 e. The molecule has 5 aromatic heterocycles. The van der Waals surface area contributed by atoms with Gasteiger partial charge in [0.25, 0.3) is 0 Å². The zero-order valence-corrected chi connectivity index (χ0v) is 31.1. The highest BCUT2D eigenvalue weighted by Crippen LogP contribution is 2.42. The monoisotopic (exact) mass is 741 g/mol. The molecule has 0 bridgehead atoms. The van der Waals surface area contributed by atoms with Crippen LogP contribution in [-0.2, 0) is 0 Å². The second kappa shape index (κ2) is 11.8. The number of hydrogen-bond donors (Lipinski definition) is 0. The molecule has 8 aromatic carbocycles. The minimum atomic E-state index is 0.795. The summed E-state index contributed by atoms with van der Waals surface area (Å²) in [5.41, 5.74) is 15.8. The van der Waals surface area contributed by atoms with Crippen molar-refractivity contribution in [3.63, 3.8) is 0 Å². The Morgan fingerprint density at radius 1 is 0.345 bits per heavy atom. The quantitative estimate of drug-likeness (QED) is 0.180. The van der Waals surface area contributed by atoms with Crippen LogP contribution in [0, 0.1) is 0 Å². The van der Waals surface area contributed by atoms with Crippen molar-refractivity contribution in [2.24, 2.45) is 0 Å². The number of para-hydroxylation sites is 3. The van der Waals surface area contributed by atoms with Crippen molar-refractivity contribution in [1.82, 2.24) is 14.1 Å². The lowest BCUT2D eigenvalue weighted by Gasteiger charge is -2.11. The lowest BCUT2D eigenvalue weighted by Crippen LogP contribution is -1.94. The number of fused-ring (bicyclic) bond motifs is 12. The second-order valence-corrected chi connectivity index (χ2v) is 15.1. The van der Waals surface area contributed by atoms with Crippen LogP contribution in [0.2, 0.25) is 0 Å². The first-order chi connectivity index (χ1) is 28.7. The number of benzene rings is 8. The molecule has 0 aliphatic heterocycles. The molecule has 13 rings (SSSR count). The van der Waals surface area contributed by atoms with Gasteiger partial charge in [-0.15, -0.1) is 0 Å². The third kappa shape index (κ3) is 4.44. The number of aromatic nitrogens is 3. The molecule has 5 heterocycles. The molecule has 0 atom stereocenters. The van der Waals surface area contributed by atoms with E-state index in [4.69, 9.17) is 8.83 Å². The van der Waals surface area contributed by atoms with Gasteiger partial charge in [-0.2, -0.15) is 0 Å². The maximum atomic E-state index is 6.45. The molecule has 5 heteroatoms. The SMILES string of the molecule is c1ccc(-n2c3ccccc3c3ccc(-c4cccc5c4c4ccccc4n5-c4ccc5oc6ccc(-c7ccc8oc9cccnc9c8c7)cc6c5c4)cc32)cc1. The summed E-state index contributed by atoms with van der Waals surface area (Å²) < 4.78 is 17.3. The Morgan fingerprint density at radius 3 is 1.81 bits per heavy atom. The van der Waals surface area contributed by atoms with Crippen LogP contribution in [0.3, 0.4) is 0 Å². The topological polar surface area (TPSA) is 49.0 Å². The number of rotatable bonds is 4. The first kappa shape index (κ1) is 31.3. The summed E-state index contributed by atoms with van der Waals surface area (Å²) in [6.45, 7) is 0. The third-order valence-corrected chi connectivity index (χ3v) is 12.0. The zero-order chi connectivity index (χ0) is 37.9. The summed E-state index contributed by atoms with van der Waals surface area (Å²) in [5, 5.41) is 8.11. The molecule has 0 aliphatic carbocycles. The molecule has 270 valence electrons. The third-order valence-electron chi connectivity index (χ3n) is 12.0. The first-order valence-electron chi connectivity index (χ1n) is 19.6. The van der Waals surface area contributed by atoms with Gasteiger partial charge >= 0.3 is 0 Å². The van der Waals surface area contributed by atoms with Crippen molar-refractivity contribution < 1.29 is 8.83 Å². The van der Waals surface area contributed by atoms with E-state index in [9.17, 15) is 0 Å². The molecular formula is C53H31N3O2. The molecule has 13 aromatic rings. The molecule has 58 heavy (non-hydrogen) atoms. The largest absolute Gasteiger partial charge is 0.456 e. The van der Waals surface area contributed by atoms with Gasteiger partial charge in [0, 0.05) is 55.3 Å². The molecule has 0 saturated heterocycles. The lowest BCUT2D eigenvalue weighted by atomic mass is 9.98. The molecule has 0 radical (unpaired) electrons. The Kier molecular flexibility index (Phi) is 6.38. The Balaban J connectivity index is 0.993. The minimum absolute atomic E-state index is 0.795. The summed E-state index contributed by atoms with van der Waals surface area (Å²) in [7, 11) is 0. The summed E-state index contributed by atoms with van der Waals surface area (Å²) in [6.07, 6.45) is 1.81. The van der Waals surface area contributed by atoms with Gasteiger partial charge in [-0.25, -0.2) is 0 Å². The van der Waals surface area contributed by atoms with Crippen molar-refractivity contribution in [1.29, 1.82) is 0 Å². The van der Waals surface area contributed by atoms with E-state index < -0.39 is 0 Å². The second-order valence-electron chi connectivity index (χ2n) is 15.1. The van der Waals surface area contributed by atoms with Gasteiger partial charge in [0.15, 0.2) is 5.58 Å². The molecule has 0 N–H and O–H groups in total. The summed E-state index contributed by atoms with van der Waals surface area (Å²) in [6, 6.07) is 65.0. The van der Waals surface area contributed by atoms with E-state index in [2.05, 4.69) is 178 Å². The Hall–Kier alpha value is -7.89. The van der Waals surface area contributed by atoms with E-state index in [0.29, 0.717) is 0 Å². The van der Waals surface area contributed by atoms with Crippen LogP contribution in [0.5, 0.6) is 0 Å². The molecule has 0 saturated carbocycles. The average molecular weight is 742 g/mol. The summed E-state index contributed by atoms with van der Waals surface area (Å²) in [5.74, 6) is 0. The standard InChI is InChI=1S/C53H31N3O2/c1-2-10-35(11-3-1)55-44-15-6-4-12-38(44)39-23-19-34(30-47(39)55)37-14-8-17-46-52(37)40-13-5-7-16-45(40)56(46)36-22-26-49-42(31-36)41-28-32(20-24-48(41)57-49)33-21-25-50-43(29-33)53-51(58-50)18-9-27-54-53/h1-31H. The first-order valence-corrected chi connectivity index (χ1v) is 19.6. The molecule has 0 aliphatic rings.